The van der Waals surface area contributed by atoms with Gasteiger partial charge in [0.05, 0.1) is 0 Å². The fourth-order valence-electron chi connectivity index (χ4n) is 3.07. The van der Waals surface area contributed by atoms with Crippen molar-refractivity contribution in [1.82, 2.24) is 14.8 Å². The van der Waals surface area contributed by atoms with Crippen molar-refractivity contribution in [2.24, 2.45) is 0 Å². The van der Waals surface area contributed by atoms with Crippen molar-refractivity contribution in [3.63, 3.8) is 0 Å². The van der Waals surface area contributed by atoms with Gasteiger partial charge in [-0.25, -0.2) is 4.39 Å². The van der Waals surface area contributed by atoms with E-state index in [4.69, 9.17) is 4.74 Å². The van der Waals surface area contributed by atoms with Crippen LogP contribution in [-0.2, 0) is 17.7 Å². The third-order valence-corrected chi connectivity index (χ3v) is 5.75. The average molecular weight is 426 g/mol. The zero-order valence-electron chi connectivity index (χ0n) is 17.9. The monoisotopic (exact) mass is 425 g/mol. The number of allylic oxidation sites excluding steroid dienone is 1. The van der Waals surface area contributed by atoms with Gasteiger partial charge in [0.2, 0.25) is 0 Å². The van der Waals surface area contributed by atoms with Crippen LogP contribution in [0.4, 0.5) is 4.39 Å². The summed E-state index contributed by atoms with van der Waals surface area (Å²) in [5.41, 5.74) is 2.26. The van der Waals surface area contributed by atoms with Crippen LogP contribution in [0.15, 0.2) is 66.3 Å². The highest BCUT2D eigenvalue weighted by atomic mass is 32.2. The van der Waals surface area contributed by atoms with E-state index in [0.717, 1.165) is 22.3 Å². The van der Waals surface area contributed by atoms with Gasteiger partial charge in [0.25, 0.3) is 0 Å². The first-order valence-electron chi connectivity index (χ1n) is 9.96. The number of ether oxygens (including phenoxy) is 1. The minimum absolute atomic E-state index is 0.0993. The fraction of sp³-hybridized carbons (Fsp3) is 0.333. The number of benzene rings is 2. The fourth-order valence-corrected chi connectivity index (χ4v) is 3.97. The molecule has 0 aliphatic heterocycles. The van der Waals surface area contributed by atoms with Crippen LogP contribution in [0.5, 0.6) is 5.75 Å². The summed E-state index contributed by atoms with van der Waals surface area (Å²) in [5.74, 6) is 1.89. The summed E-state index contributed by atoms with van der Waals surface area (Å²) in [6.07, 6.45) is 1.53. The Labute approximate surface area is 182 Å². The first-order chi connectivity index (χ1) is 14.3. The van der Waals surface area contributed by atoms with Crippen molar-refractivity contribution in [3.05, 3.63) is 84.0 Å². The summed E-state index contributed by atoms with van der Waals surface area (Å²) >= 11 is 1.52. The van der Waals surface area contributed by atoms with Crippen LogP contribution in [0.1, 0.15) is 50.8 Å². The van der Waals surface area contributed by atoms with Crippen LogP contribution in [0.2, 0.25) is 0 Å². The Kier molecular flexibility index (Phi) is 6.98. The van der Waals surface area contributed by atoms with Crippen molar-refractivity contribution in [3.8, 4) is 5.75 Å². The normalized spacial score (nSPS) is 12.6. The zero-order valence-corrected chi connectivity index (χ0v) is 18.7. The maximum Gasteiger partial charge on any atom is 0.191 e. The van der Waals surface area contributed by atoms with Gasteiger partial charge >= 0.3 is 0 Å². The van der Waals surface area contributed by atoms with E-state index in [1.54, 1.807) is 6.07 Å². The predicted molar refractivity (Wildman–Crippen MR) is 120 cm³/mol. The van der Waals surface area contributed by atoms with Gasteiger partial charge < -0.3 is 4.74 Å². The Hall–Kier alpha value is -2.60. The molecule has 6 heteroatoms. The van der Waals surface area contributed by atoms with Crippen molar-refractivity contribution in [2.75, 3.05) is 0 Å². The first kappa shape index (κ1) is 22.1. The molecule has 158 valence electrons. The summed E-state index contributed by atoms with van der Waals surface area (Å²) in [6.45, 7) is 12.9. The molecule has 2 aromatic carbocycles. The highest BCUT2D eigenvalue weighted by molar-refractivity contribution is 7.98. The summed E-state index contributed by atoms with van der Waals surface area (Å²) in [6, 6.07) is 14.8. The molecule has 0 aliphatic carbocycles. The first-order valence-corrected chi connectivity index (χ1v) is 10.9. The van der Waals surface area contributed by atoms with E-state index >= 15 is 0 Å². The second kappa shape index (κ2) is 9.47. The lowest BCUT2D eigenvalue weighted by Crippen LogP contribution is -2.13. The van der Waals surface area contributed by atoms with Crippen LogP contribution >= 0.6 is 11.8 Å². The quantitative estimate of drug-likeness (QED) is 0.312. The summed E-state index contributed by atoms with van der Waals surface area (Å²) in [5, 5.41) is 9.46. The molecule has 0 aliphatic rings. The molecule has 0 spiro atoms. The number of aromatic nitrogens is 3. The lowest BCUT2D eigenvalue weighted by Gasteiger charge is -2.20. The number of hydrogen-bond donors (Lipinski definition) is 0. The van der Waals surface area contributed by atoms with Gasteiger partial charge in [0.1, 0.15) is 11.6 Å². The van der Waals surface area contributed by atoms with Crippen molar-refractivity contribution < 1.29 is 9.13 Å². The lowest BCUT2D eigenvalue weighted by atomic mass is 9.87. The minimum atomic E-state index is -0.276. The van der Waals surface area contributed by atoms with Crippen molar-refractivity contribution in [1.29, 1.82) is 0 Å². The van der Waals surface area contributed by atoms with Crippen molar-refractivity contribution in [2.45, 2.75) is 56.7 Å². The van der Waals surface area contributed by atoms with Gasteiger partial charge in [-0.2, -0.15) is 0 Å². The maximum atomic E-state index is 13.4. The summed E-state index contributed by atoms with van der Waals surface area (Å²) in [4.78, 5) is 0. The van der Waals surface area contributed by atoms with E-state index in [-0.39, 0.29) is 17.3 Å². The molecular formula is C24H28FN3OS. The number of thioether (sulfide) groups is 1. The van der Waals surface area contributed by atoms with Crippen LogP contribution in [0.3, 0.4) is 0 Å². The minimum Gasteiger partial charge on any atom is -0.483 e. The number of halogens is 1. The predicted octanol–water partition coefficient (Wildman–Crippen LogP) is 6.33. The van der Waals surface area contributed by atoms with Crippen LogP contribution in [-0.4, -0.2) is 14.8 Å². The van der Waals surface area contributed by atoms with Crippen LogP contribution in [0, 0.1) is 5.82 Å². The van der Waals surface area contributed by atoms with Crippen LogP contribution in [0.25, 0.3) is 0 Å². The Balaban J connectivity index is 1.73. The molecule has 0 saturated heterocycles. The zero-order chi connectivity index (χ0) is 21.7. The second-order valence-electron chi connectivity index (χ2n) is 8.19. The van der Waals surface area contributed by atoms with E-state index < -0.39 is 0 Å². The van der Waals surface area contributed by atoms with Gasteiger partial charge in [-0.3, -0.25) is 4.57 Å². The van der Waals surface area contributed by atoms with Gasteiger partial charge in [-0.1, -0.05) is 62.9 Å². The average Bonchev–Trinajstić information content (AvgIpc) is 3.09. The molecule has 3 rings (SSSR count). The van der Waals surface area contributed by atoms with Gasteiger partial charge in [0.15, 0.2) is 17.1 Å². The molecule has 0 radical (unpaired) electrons. The molecule has 1 aromatic heterocycles. The molecule has 1 atom stereocenters. The van der Waals surface area contributed by atoms with Crippen LogP contribution < -0.4 is 4.74 Å². The largest absolute Gasteiger partial charge is 0.483 e. The lowest BCUT2D eigenvalue weighted by molar-refractivity contribution is 0.210. The molecule has 4 nitrogen and oxygen atoms in total. The Morgan fingerprint density at radius 2 is 1.90 bits per heavy atom. The smallest absolute Gasteiger partial charge is 0.191 e. The van der Waals surface area contributed by atoms with E-state index in [0.29, 0.717) is 12.3 Å². The summed E-state index contributed by atoms with van der Waals surface area (Å²) < 4.78 is 21.5. The second-order valence-corrected chi connectivity index (χ2v) is 9.14. The van der Waals surface area contributed by atoms with E-state index in [1.165, 1.54) is 29.5 Å². The molecule has 0 N–H and O–H groups in total. The number of hydrogen-bond acceptors (Lipinski definition) is 4. The third kappa shape index (κ3) is 5.51. The van der Waals surface area contributed by atoms with E-state index in [2.05, 4.69) is 49.7 Å². The molecular weight excluding hydrogens is 397 g/mol. The topological polar surface area (TPSA) is 39.9 Å². The Morgan fingerprint density at radius 1 is 1.17 bits per heavy atom. The summed E-state index contributed by atoms with van der Waals surface area (Å²) in [7, 11) is 0. The van der Waals surface area contributed by atoms with E-state index in [1.807, 2.05) is 35.8 Å². The highest BCUT2D eigenvalue weighted by Gasteiger charge is 2.20. The standard InChI is InChI=1S/C24H28FN3OS/c1-6-14-28-22(17(2)29-21-12-10-19(11-13-21)24(3,4)5)26-27-23(28)30-16-18-8-7-9-20(25)15-18/h6-13,15,17H,1,14,16H2,2-5H3. The third-order valence-electron chi connectivity index (χ3n) is 4.71. The number of rotatable bonds is 8. The SMILES string of the molecule is C=CCn1c(SCc2cccc(F)c2)nnc1C(C)Oc1ccc(C(C)(C)C)cc1. The van der Waals surface area contributed by atoms with E-state index in [9.17, 15) is 4.39 Å². The molecule has 1 heterocycles. The molecule has 0 bridgehead atoms. The molecule has 0 fully saturated rings. The highest BCUT2D eigenvalue weighted by Crippen LogP contribution is 2.29. The van der Waals surface area contributed by atoms with Crippen molar-refractivity contribution >= 4 is 11.8 Å². The number of nitrogens with zero attached hydrogens (tertiary/aromatic N) is 3. The van der Waals surface area contributed by atoms with Gasteiger partial charge in [-0.15, -0.1) is 16.8 Å². The Bertz CT molecular complexity index is 992. The molecule has 3 aromatic rings. The Morgan fingerprint density at radius 3 is 2.53 bits per heavy atom. The molecule has 1 unspecified atom stereocenters. The molecule has 0 amide bonds. The molecule has 30 heavy (non-hydrogen) atoms. The molecule has 0 saturated carbocycles. The maximum absolute atomic E-state index is 13.4. The van der Waals surface area contributed by atoms with Gasteiger partial charge in [-0.05, 0) is 47.7 Å². The van der Waals surface area contributed by atoms with Gasteiger partial charge in [0, 0.05) is 12.3 Å².